The summed E-state index contributed by atoms with van der Waals surface area (Å²) in [6, 6.07) is 0. The van der Waals surface area contributed by atoms with Crippen molar-refractivity contribution in [1.82, 2.24) is 19.7 Å². The summed E-state index contributed by atoms with van der Waals surface area (Å²) in [5.74, 6) is 1.27. The first-order valence-electron chi connectivity index (χ1n) is 7.27. The van der Waals surface area contributed by atoms with Crippen LogP contribution in [0.5, 0.6) is 0 Å². The Morgan fingerprint density at radius 3 is 2.95 bits per heavy atom. The van der Waals surface area contributed by atoms with Crippen LogP contribution in [0.15, 0.2) is 4.79 Å². The van der Waals surface area contributed by atoms with E-state index in [0.717, 1.165) is 38.2 Å². The van der Waals surface area contributed by atoms with Gasteiger partial charge in [0, 0.05) is 32.2 Å². The molecule has 6 heteroatoms. The molecule has 2 rings (SSSR count). The quantitative estimate of drug-likeness (QED) is 0.728. The highest BCUT2D eigenvalue weighted by Crippen LogP contribution is 2.20. The number of nitrogens with zero attached hydrogens (tertiary/aromatic N) is 3. The summed E-state index contributed by atoms with van der Waals surface area (Å²) in [7, 11) is 0. The lowest BCUT2D eigenvalue weighted by molar-refractivity contribution is 0.279. The fourth-order valence-corrected chi connectivity index (χ4v) is 2.65. The van der Waals surface area contributed by atoms with Crippen molar-refractivity contribution in [3.05, 3.63) is 16.3 Å². The van der Waals surface area contributed by atoms with Crippen LogP contribution in [-0.2, 0) is 13.1 Å². The Bertz CT molecular complexity index is 446. The standard InChI is InChI=1S/C13H24N4O2/c1-2-16-12(11-6-5-7-14-10-11)15-17(13(16)19)8-3-4-9-18/h11,14,18H,2-10H2,1H3/t11-/m1/s1. The van der Waals surface area contributed by atoms with Crippen molar-refractivity contribution in [1.29, 1.82) is 0 Å². The molecular formula is C13H24N4O2. The second-order valence-electron chi connectivity index (χ2n) is 5.08. The van der Waals surface area contributed by atoms with Gasteiger partial charge in [0.2, 0.25) is 0 Å². The third-order valence-electron chi connectivity index (χ3n) is 3.71. The van der Waals surface area contributed by atoms with Crippen LogP contribution < -0.4 is 11.0 Å². The summed E-state index contributed by atoms with van der Waals surface area (Å²) in [6.45, 7) is 5.39. The molecule has 0 radical (unpaired) electrons. The summed E-state index contributed by atoms with van der Waals surface area (Å²) in [5, 5.41) is 16.7. The molecule has 0 saturated carbocycles. The van der Waals surface area contributed by atoms with E-state index in [2.05, 4.69) is 10.4 Å². The van der Waals surface area contributed by atoms with E-state index in [9.17, 15) is 4.79 Å². The fraction of sp³-hybridized carbons (Fsp3) is 0.846. The van der Waals surface area contributed by atoms with E-state index in [1.807, 2.05) is 6.92 Å². The lowest BCUT2D eigenvalue weighted by Gasteiger charge is -2.21. The topological polar surface area (TPSA) is 72.1 Å². The molecule has 1 aliphatic rings. The molecule has 1 atom stereocenters. The highest BCUT2D eigenvalue weighted by Gasteiger charge is 2.22. The molecule has 108 valence electrons. The number of nitrogens with one attached hydrogen (secondary N) is 1. The highest BCUT2D eigenvalue weighted by atomic mass is 16.3. The van der Waals surface area contributed by atoms with Crippen molar-refractivity contribution >= 4 is 0 Å². The number of hydrogen-bond acceptors (Lipinski definition) is 4. The predicted octanol–water partition coefficient (Wildman–Crippen LogP) is 0.304. The second-order valence-corrected chi connectivity index (χ2v) is 5.08. The third-order valence-corrected chi connectivity index (χ3v) is 3.71. The van der Waals surface area contributed by atoms with E-state index in [0.29, 0.717) is 25.4 Å². The maximum atomic E-state index is 12.2. The fourth-order valence-electron chi connectivity index (χ4n) is 2.65. The van der Waals surface area contributed by atoms with Crippen LogP contribution >= 0.6 is 0 Å². The van der Waals surface area contributed by atoms with Gasteiger partial charge in [-0.25, -0.2) is 9.48 Å². The highest BCUT2D eigenvalue weighted by molar-refractivity contribution is 5.00. The largest absolute Gasteiger partial charge is 0.396 e. The van der Waals surface area contributed by atoms with Crippen LogP contribution in [0.1, 0.15) is 44.3 Å². The number of hydrogen-bond donors (Lipinski definition) is 2. The molecule has 2 heterocycles. The molecule has 0 bridgehead atoms. The molecule has 6 nitrogen and oxygen atoms in total. The number of aryl methyl sites for hydroxylation is 1. The Labute approximate surface area is 113 Å². The zero-order chi connectivity index (χ0) is 13.7. The molecule has 0 aliphatic carbocycles. The molecule has 19 heavy (non-hydrogen) atoms. The minimum Gasteiger partial charge on any atom is -0.396 e. The average molecular weight is 268 g/mol. The van der Waals surface area contributed by atoms with Gasteiger partial charge in [0.05, 0.1) is 0 Å². The van der Waals surface area contributed by atoms with Crippen LogP contribution in [0.3, 0.4) is 0 Å². The summed E-state index contributed by atoms with van der Waals surface area (Å²) in [6.07, 6.45) is 3.74. The second kappa shape index (κ2) is 6.86. The Morgan fingerprint density at radius 1 is 1.47 bits per heavy atom. The van der Waals surface area contributed by atoms with E-state index in [1.165, 1.54) is 0 Å². The maximum Gasteiger partial charge on any atom is 0.345 e. The maximum absolute atomic E-state index is 12.2. The van der Waals surface area contributed by atoms with E-state index < -0.39 is 0 Å². The molecular weight excluding hydrogens is 244 g/mol. The number of piperidine rings is 1. The van der Waals surface area contributed by atoms with Gasteiger partial charge in [-0.1, -0.05) is 0 Å². The molecule has 0 amide bonds. The number of rotatable bonds is 6. The van der Waals surface area contributed by atoms with Crippen LogP contribution in [0.25, 0.3) is 0 Å². The molecule has 1 saturated heterocycles. The molecule has 1 aromatic heterocycles. The third kappa shape index (κ3) is 3.25. The first-order valence-corrected chi connectivity index (χ1v) is 7.27. The van der Waals surface area contributed by atoms with Gasteiger partial charge in [-0.3, -0.25) is 4.57 Å². The lowest BCUT2D eigenvalue weighted by atomic mass is 9.99. The van der Waals surface area contributed by atoms with E-state index in [4.69, 9.17) is 5.11 Å². The number of unbranched alkanes of at least 4 members (excludes halogenated alkanes) is 1. The molecule has 1 fully saturated rings. The summed E-state index contributed by atoms with van der Waals surface area (Å²) < 4.78 is 3.35. The van der Waals surface area contributed by atoms with Crippen molar-refractivity contribution in [3.8, 4) is 0 Å². The monoisotopic (exact) mass is 268 g/mol. The van der Waals surface area contributed by atoms with Gasteiger partial charge in [0.1, 0.15) is 5.82 Å². The zero-order valence-electron chi connectivity index (χ0n) is 11.6. The SMILES string of the molecule is CCn1c([C@@H]2CCCNC2)nn(CCCCO)c1=O. The number of aliphatic hydroxyl groups is 1. The Balaban J connectivity index is 2.17. The summed E-state index contributed by atoms with van der Waals surface area (Å²) >= 11 is 0. The Morgan fingerprint density at radius 2 is 2.32 bits per heavy atom. The smallest absolute Gasteiger partial charge is 0.345 e. The molecule has 1 aromatic rings. The number of aromatic nitrogens is 3. The molecule has 0 aromatic carbocycles. The Hall–Kier alpha value is -1.14. The first kappa shape index (κ1) is 14.3. The van der Waals surface area contributed by atoms with Gasteiger partial charge in [0.15, 0.2) is 0 Å². The van der Waals surface area contributed by atoms with Crippen LogP contribution in [0.2, 0.25) is 0 Å². The van der Waals surface area contributed by atoms with Gasteiger partial charge < -0.3 is 10.4 Å². The van der Waals surface area contributed by atoms with Gasteiger partial charge in [-0.15, -0.1) is 0 Å². The minimum absolute atomic E-state index is 0.0130. The van der Waals surface area contributed by atoms with Gasteiger partial charge in [-0.05, 0) is 39.2 Å². The first-order chi connectivity index (χ1) is 9.27. The minimum atomic E-state index is -0.0130. The van der Waals surface area contributed by atoms with Crippen LogP contribution in [0, 0.1) is 0 Å². The summed E-state index contributed by atoms with van der Waals surface area (Å²) in [5.41, 5.74) is -0.0130. The normalized spacial score (nSPS) is 19.8. The van der Waals surface area contributed by atoms with Crippen molar-refractivity contribution in [2.24, 2.45) is 0 Å². The molecule has 0 spiro atoms. The molecule has 2 N–H and O–H groups in total. The van der Waals surface area contributed by atoms with Crippen LogP contribution in [0.4, 0.5) is 0 Å². The van der Waals surface area contributed by atoms with E-state index >= 15 is 0 Å². The van der Waals surface area contributed by atoms with Crippen LogP contribution in [-0.4, -0.2) is 39.2 Å². The molecule has 0 unspecified atom stereocenters. The molecule has 1 aliphatic heterocycles. The average Bonchev–Trinajstić information content (AvgIpc) is 2.77. The van der Waals surface area contributed by atoms with Crippen molar-refractivity contribution in [3.63, 3.8) is 0 Å². The zero-order valence-corrected chi connectivity index (χ0v) is 11.6. The van der Waals surface area contributed by atoms with Crippen molar-refractivity contribution in [2.45, 2.75) is 51.6 Å². The predicted molar refractivity (Wildman–Crippen MR) is 73.3 cm³/mol. The van der Waals surface area contributed by atoms with Crippen molar-refractivity contribution < 1.29 is 5.11 Å². The number of aliphatic hydroxyl groups excluding tert-OH is 1. The lowest BCUT2D eigenvalue weighted by Crippen LogP contribution is -2.31. The van der Waals surface area contributed by atoms with E-state index in [1.54, 1.807) is 9.25 Å². The van der Waals surface area contributed by atoms with Gasteiger partial charge in [0.25, 0.3) is 0 Å². The van der Waals surface area contributed by atoms with Crippen molar-refractivity contribution in [2.75, 3.05) is 19.7 Å². The van der Waals surface area contributed by atoms with E-state index in [-0.39, 0.29) is 12.3 Å². The van der Waals surface area contributed by atoms with Gasteiger partial charge >= 0.3 is 5.69 Å². The Kier molecular flexibility index (Phi) is 5.15. The van der Waals surface area contributed by atoms with Gasteiger partial charge in [-0.2, -0.15) is 5.10 Å². The summed E-state index contributed by atoms with van der Waals surface area (Å²) in [4.78, 5) is 12.2.